The van der Waals surface area contributed by atoms with Crippen molar-refractivity contribution in [2.75, 3.05) is 18.1 Å². The average molecular weight is 387 g/mol. The van der Waals surface area contributed by atoms with E-state index in [0.29, 0.717) is 17.8 Å². The third-order valence-electron chi connectivity index (χ3n) is 4.52. The van der Waals surface area contributed by atoms with Crippen molar-refractivity contribution in [1.29, 1.82) is 0 Å². The minimum absolute atomic E-state index is 0.0824. The number of aryl methyl sites for hydroxylation is 2. The van der Waals surface area contributed by atoms with Gasteiger partial charge in [0.25, 0.3) is 0 Å². The number of nitrogens with zero attached hydrogens (tertiary/aromatic N) is 5. The Morgan fingerprint density at radius 3 is 2.56 bits per heavy atom. The van der Waals surface area contributed by atoms with Crippen LogP contribution in [-0.2, 0) is 33.5 Å². The van der Waals surface area contributed by atoms with E-state index >= 15 is 0 Å². The fraction of sp³-hybridized carbons (Fsp3) is 0.571. The molecule has 3 heterocycles. The van der Waals surface area contributed by atoms with Gasteiger partial charge in [-0.25, -0.2) is 16.8 Å². The highest BCUT2D eigenvalue weighted by atomic mass is 32.2. The van der Waals surface area contributed by atoms with Gasteiger partial charge in [-0.1, -0.05) is 0 Å². The van der Waals surface area contributed by atoms with Crippen LogP contribution in [0.5, 0.6) is 0 Å². The smallest absolute Gasteiger partial charge is 0.247 e. The summed E-state index contributed by atoms with van der Waals surface area (Å²) < 4.78 is 54.9. The van der Waals surface area contributed by atoms with Crippen molar-refractivity contribution < 1.29 is 16.8 Å². The molecule has 0 saturated carbocycles. The van der Waals surface area contributed by atoms with E-state index in [1.165, 1.54) is 21.4 Å². The van der Waals surface area contributed by atoms with Gasteiger partial charge in [-0.2, -0.15) is 14.5 Å². The van der Waals surface area contributed by atoms with E-state index in [0.717, 1.165) is 0 Å². The van der Waals surface area contributed by atoms with Crippen LogP contribution in [0.3, 0.4) is 0 Å². The van der Waals surface area contributed by atoms with Crippen molar-refractivity contribution in [3.63, 3.8) is 0 Å². The van der Waals surface area contributed by atoms with Crippen molar-refractivity contribution in [2.45, 2.75) is 31.3 Å². The maximum absolute atomic E-state index is 13.1. The van der Waals surface area contributed by atoms with Crippen LogP contribution in [0.25, 0.3) is 0 Å². The molecule has 1 fully saturated rings. The zero-order chi connectivity index (χ0) is 18.4. The molecule has 0 bridgehead atoms. The summed E-state index contributed by atoms with van der Waals surface area (Å²) in [6.45, 7) is 4.11. The van der Waals surface area contributed by atoms with E-state index in [-0.39, 0.29) is 22.9 Å². The minimum Gasteiger partial charge on any atom is -0.273 e. The third-order valence-corrected chi connectivity index (χ3v) is 8.16. The lowest BCUT2D eigenvalue weighted by atomic mass is 10.2. The number of hydrogen-bond donors (Lipinski definition) is 0. The Hall–Kier alpha value is -1.72. The Kier molecular flexibility index (Phi) is 4.50. The molecule has 1 aliphatic rings. The number of sulfone groups is 1. The van der Waals surface area contributed by atoms with Gasteiger partial charge >= 0.3 is 0 Å². The van der Waals surface area contributed by atoms with E-state index in [1.54, 1.807) is 24.9 Å². The fourth-order valence-electron chi connectivity index (χ4n) is 2.92. The van der Waals surface area contributed by atoms with Gasteiger partial charge in [0.2, 0.25) is 10.0 Å². The molecular weight excluding hydrogens is 366 g/mol. The van der Waals surface area contributed by atoms with Crippen LogP contribution in [0, 0.1) is 6.92 Å². The van der Waals surface area contributed by atoms with E-state index in [2.05, 4.69) is 10.2 Å². The largest absolute Gasteiger partial charge is 0.273 e. The fourth-order valence-corrected chi connectivity index (χ4v) is 6.43. The predicted octanol–water partition coefficient (Wildman–Crippen LogP) is 0.105. The van der Waals surface area contributed by atoms with Crippen LogP contribution in [-0.4, -0.2) is 58.8 Å². The molecule has 0 spiro atoms. The predicted molar refractivity (Wildman–Crippen MR) is 91.1 cm³/mol. The van der Waals surface area contributed by atoms with Crippen molar-refractivity contribution in [3.05, 3.63) is 29.8 Å². The van der Waals surface area contributed by atoms with Crippen LogP contribution >= 0.6 is 0 Å². The molecule has 0 N–H and O–H groups in total. The summed E-state index contributed by atoms with van der Waals surface area (Å²) in [5.74, 6) is -0.440. The van der Waals surface area contributed by atoms with E-state index < -0.39 is 25.9 Å². The number of aromatic nitrogens is 4. The molecule has 0 radical (unpaired) electrons. The van der Waals surface area contributed by atoms with Gasteiger partial charge in [-0.05, 0) is 13.8 Å². The first-order valence-corrected chi connectivity index (χ1v) is 11.1. The van der Waals surface area contributed by atoms with Gasteiger partial charge in [0, 0.05) is 31.9 Å². The molecule has 0 aliphatic carbocycles. The normalized spacial score (nSPS) is 21.5. The summed E-state index contributed by atoms with van der Waals surface area (Å²) in [4.78, 5) is 0.0992. The van der Waals surface area contributed by atoms with Gasteiger partial charge < -0.3 is 0 Å². The highest BCUT2D eigenvalue weighted by molar-refractivity contribution is 7.92. The number of sulfonamides is 1. The minimum atomic E-state index is -3.87. The Morgan fingerprint density at radius 1 is 1.28 bits per heavy atom. The van der Waals surface area contributed by atoms with Gasteiger partial charge in [0.05, 0.1) is 35.6 Å². The zero-order valence-corrected chi connectivity index (χ0v) is 16.0. The zero-order valence-electron chi connectivity index (χ0n) is 14.3. The standard InChI is InChI=1S/C14H21N5O4S2/c1-4-18-9-12(7-16-18)13-10-24(20,21)6-5-19(13)25(22,23)14-8-15-17(3)11(14)2/h7-9,13H,4-6,10H2,1-3H3. The molecule has 0 aromatic carbocycles. The molecule has 9 nitrogen and oxygen atoms in total. The summed E-state index contributed by atoms with van der Waals surface area (Å²) in [5, 5.41) is 8.15. The first-order valence-electron chi connectivity index (χ1n) is 7.89. The third kappa shape index (κ3) is 3.23. The van der Waals surface area contributed by atoms with E-state index in [4.69, 9.17) is 0 Å². The summed E-state index contributed by atoms with van der Waals surface area (Å²) >= 11 is 0. The summed E-state index contributed by atoms with van der Waals surface area (Å²) in [5.41, 5.74) is 1.09. The maximum Gasteiger partial charge on any atom is 0.247 e. The Morgan fingerprint density at radius 2 is 2.00 bits per heavy atom. The van der Waals surface area contributed by atoms with Crippen LogP contribution in [0.4, 0.5) is 0 Å². The Balaban J connectivity index is 2.07. The number of hydrogen-bond acceptors (Lipinski definition) is 6. The van der Waals surface area contributed by atoms with Gasteiger partial charge in [-0.15, -0.1) is 0 Å². The highest BCUT2D eigenvalue weighted by Gasteiger charge is 2.41. The average Bonchev–Trinajstić information content (AvgIpc) is 3.14. The maximum atomic E-state index is 13.1. The van der Waals surface area contributed by atoms with Crippen molar-refractivity contribution in [3.8, 4) is 0 Å². The molecule has 11 heteroatoms. The van der Waals surface area contributed by atoms with Crippen LogP contribution in [0.2, 0.25) is 0 Å². The van der Waals surface area contributed by atoms with Crippen LogP contribution in [0.15, 0.2) is 23.5 Å². The lowest BCUT2D eigenvalue weighted by Gasteiger charge is -2.33. The van der Waals surface area contributed by atoms with E-state index in [9.17, 15) is 16.8 Å². The van der Waals surface area contributed by atoms with Gasteiger partial charge in [-0.3, -0.25) is 9.36 Å². The molecule has 1 aliphatic heterocycles. The second-order valence-corrected chi connectivity index (χ2v) is 10.2. The molecule has 138 valence electrons. The monoisotopic (exact) mass is 387 g/mol. The van der Waals surface area contributed by atoms with Crippen molar-refractivity contribution in [2.24, 2.45) is 7.05 Å². The van der Waals surface area contributed by atoms with Crippen LogP contribution in [0.1, 0.15) is 24.2 Å². The van der Waals surface area contributed by atoms with Crippen molar-refractivity contribution >= 4 is 19.9 Å². The first kappa shape index (κ1) is 18.1. The molecule has 25 heavy (non-hydrogen) atoms. The van der Waals surface area contributed by atoms with Gasteiger partial charge in [0.15, 0.2) is 9.84 Å². The molecule has 0 amide bonds. The topological polar surface area (TPSA) is 107 Å². The molecule has 3 rings (SSSR count). The Labute approximate surface area is 147 Å². The molecule has 2 aromatic heterocycles. The van der Waals surface area contributed by atoms with Crippen molar-refractivity contribution in [1.82, 2.24) is 23.9 Å². The molecule has 1 saturated heterocycles. The molecule has 1 atom stereocenters. The molecule has 1 unspecified atom stereocenters. The highest BCUT2D eigenvalue weighted by Crippen LogP contribution is 2.32. The lowest BCUT2D eigenvalue weighted by molar-refractivity contribution is 0.344. The summed E-state index contributed by atoms with van der Waals surface area (Å²) in [7, 11) is -5.53. The van der Waals surface area contributed by atoms with Gasteiger partial charge in [0.1, 0.15) is 4.90 Å². The lowest BCUT2D eigenvalue weighted by Crippen LogP contribution is -2.46. The molecular formula is C14H21N5O4S2. The Bertz CT molecular complexity index is 990. The summed E-state index contributed by atoms with van der Waals surface area (Å²) in [6, 6.07) is -0.788. The summed E-state index contributed by atoms with van der Waals surface area (Å²) in [6.07, 6.45) is 4.54. The number of rotatable bonds is 4. The first-order chi connectivity index (χ1) is 11.7. The quantitative estimate of drug-likeness (QED) is 0.737. The van der Waals surface area contributed by atoms with E-state index in [1.807, 2.05) is 6.92 Å². The molecule has 2 aromatic rings. The second-order valence-electron chi connectivity index (χ2n) is 6.09. The van der Waals surface area contributed by atoms with Crippen LogP contribution < -0.4 is 0 Å². The SMILES string of the molecule is CCn1cc(C2CS(=O)(=O)CCN2S(=O)(=O)c2cnn(C)c2C)cn1. The second kappa shape index (κ2) is 6.22.